The van der Waals surface area contributed by atoms with E-state index in [0.29, 0.717) is 5.91 Å². The molecule has 1 saturated heterocycles. The monoisotopic (exact) mass is 240 g/mol. The van der Waals surface area contributed by atoms with E-state index in [0.717, 1.165) is 38.9 Å². The highest BCUT2D eigenvalue weighted by Gasteiger charge is 2.27. The predicted molar refractivity (Wildman–Crippen MR) is 72.0 cm³/mol. The number of nitrogens with one attached hydrogen (secondary N) is 1. The standard InChI is InChI=1S/C14H28N2O/c1-3-5-6-7-11-16-12-8-9-13(14(16)17)15-10-4-2/h13,15H,3-12H2,1-2H3. The van der Waals surface area contributed by atoms with Crippen LogP contribution in [-0.2, 0) is 4.79 Å². The zero-order valence-electron chi connectivity index (χ0n) is 11.5. The van der Waals surface area contributed by atoms with E-state index in [-0.39, 0.29) is 6.04 Å². The molecule has 0 aliphatic carbocycles. The lowest BCUT2D eigenvalue weighted by Crippen LogP contribution is -2.51. The van der Waals surface area contributed by atoms with E-state index in [9.17, 15) is 4.79 Å². The molecule has 17 heavy (non-hydrogen) atoms. The number of rotatable bonds is 8. The van der Waals surface area contributed by atoms with Crippen molar-refractivity contribution in [2.24, 2.45) is 0 Å². The van der Waals surface area contributed by atoms with Gasteiger partial charge in [0.2, 0.25) is 5.91 Å². The molecule has 1 aliphatic heterocycles. The fraction of sp³-hybridized carbons (Fsp3) is 0.929. The van der Waals surface area contributed by atoms with Crippen LogP contribution >= 0.6 is 0 Å². The number of nitrogens with zero attached hydrogens (tertiary/aromatic N) is 1. The Morgan fingerprint density at radius 3 is 2.76 bits per heavy atom. The van der Waals surface area contributed by atoms with Gasteiger partial charge >= 0.3 is 0 Å². The first-order valence-corrected chi connectivity index (χ1v) is 7.31. The lowest BCUT2D eigenvalue weighted by Gasteiger charge is -2.32. The highest BCUT2D eigenvalue weighted by atomic mass is 16.2. The molecule has 0 bridgehead atoms. The fourth-order valence-electron chi connectivity index (χ4n) is 2.40. The minimum Gasteiger partial charge on any atom is -0.341 e. The third kappa shape index (κ3) is 5.07. The highest BCUT2D eigenvalue weighted by Crippen LogP contribution is 2.13. The summed E-state index contributed by atoms with van der Waals surface area (Å²) < 4.78 is 0. The first-order valence-electron chi connectivity index (χ1n) is 7.31. The summed E-state index contributed by atoms with van der Waals surface area (Å²) in [7, 11) is 0. The fourth-order valence-corrected chi connectivity index (χ4v) is 2.40. The van der Waals surface area contributed by atoms with Gasteiger partial charge in [-0.2, -0.15) is 0 Å². The van der Waals surface area contributed by atoms with Crippen LogP contribution in [0.1, 0.15) is 58.8 Å². The van der Waals surface area contributed by atoms with E-state index in [1.54, 1.807) is 0 Å². The Hall–Kier alpha value is -0.570. The Balaban J connectivity index is 2.26. The molecular weight excluding hydrogens is 212 g/mol. The molecule has 1 amide bonds. The van der Waals surface area contributed by atoms with E-state index in [2.05, 4.69) is 24.1 Å². The van der Waals surface area contributed by atoms with Gasteiger partial charge in [0, 0.05) is 13.1 Å². The molecular formula is C14H28N2O. The van der Waals surface area contributed by atoms with Crippen molar-refractivity contribution in [2.45, 2.75) is 64.8 Å². The van der Waals surface area contributed by atoms with Crippen LogP contribution in [0.15, 0.2) is 0 Å². The number of piperidine rings is 1. The van der Waals surface area contributed by atoms with Gasteiger partial charge in [0.1, 0.15) is 0 Å². The van der Waals surface area contributed by atoms with E-state index >= 15 is 0 Å². The number of amides is 1. The quantitative estimate of drug-likeness (QED) is 0.661. The number of carbonyl (C=O) groups is 1. The van der Waals surface area contributed by atoms with E-state index in [1.165, 1.54) is 25.7 Å². The van der Waals surface area contributed by atoms with Crippen molar-refractivity contribution in [3.8, 4) is 0 Å². The Bertz CT molecular complexity index is 218. The highest BCUT2D eigenvalue weighted by molar-refractivity contribution is 5.82. The smallest absolute Gasteiger partial charge is 0.239 e. The molecule has 0 spiro atoms. The van der Waals surface area contributed by atoms with Crippen molar-refractivity contribution in [3.05, 3.63) is 0 Å². The molecule has 1 atom stereocenters. The second-order valence-electron chi connectivity index (χ2n) is 5.03. The van der Waals surface area contributed by atoms with E-state index < -0.39 is 0 Å². The van der Waals surface area contributed by atoms with Gasteiger partial charge in [-0.05, 0) is 32.2 Å². The lowest BCUT2D eigenvalue weighted by atomic mass is 10.0. The van der Waals surface area contributed by atoms with E-state index in [1.807, 2.05) is 0 Å². The molecule has 1 unspecified atom stereocenters. The molecule has 0 saturated carbocycles. The second kappa shape index (κ2) is 8.51. The molecule has 1 N–H and O–H groups in total. The van der Waals surface area contributed by atoms with Gasteiger partial charge in [0.25, 0.3) is 0 Å². The molecule has 1 fully saturated rings. The van der Waals surface area contributed by atoms with Crippen molar-refractivity contribution in [1.29, 1.82) is 0 Å². The van der Waals surface area contributed by atoms with Gasteiger partial charge in [-0.25, -0.2) is 0 Å². The third-order valence-corrected chi connectivity index (χ3v) is 3.45. The lowest BCUT2D eigenvalue weighted by molar-refractivity contribution is -0.136. The van der Waals surface area contributed by atoms with E-state index in [4.69, 9.17) is 0 Å². The summed E-state index contributed by atoms with van der Waals surface area (Å²) in [6.45, 7) is 7.25. The maximum atomic E-state index is 12.2. The summed E-state index contributed by atoms with van der Waals surface area (Å²) in [4.78, 5) is 14.2. The average Bonchev–Trinajstić information content (AvgIpc) is 2.35. The zero-order valence-corrected chi connectivity index (χ0v) is 11.5. The molecule has 3 heteroatoms. The Kier molecular flexibility index (Phi) is 7.25. The molecule has 1 rings (SSSR count). The molecule has 3 nitrogen and oxygen atoms in total. The van der Waals surface area contributed by atoms with Crippen molar-refractivity contribution in [2.75, 3.05) is 19.6 Å². The van der Waals surface area contributed by atoms with Crippen LogP contribution < -0.4 is 5.32 Å². The maximum Gasteiger partial charge on any atom is 0.239 e. The van der Waals surface area contributed by atoms with Crippen LogP contribution in [0, 0.1) is 0 Å². The maximum absolute atomic E-state index is 12.2. The second-order valence-corrected chi connectivity index (χ2v) is 5.03. The van der Waals surface area contributed by atoms with Crippen molar-refractivity contribution < 1.29 is 4.79 Å². The summed E-state index contributed by atoms with van der Waals surface area (Å²) in [5.74, 6) is 0.334. The average molecular weight is 240 g/mol. The zero-order chi connectivity index (χ0) is 12.5. The van der Waals surface area contributed by atoms with Crippen LogP contribution in [-0.4, -0.2) is 36.5 Å². The summed E-state index contributed by atoms with van der Waals surface area (Å²) in [6, 6.07) is 0.0925. The number of unbranched alkanes of at least 4 members (excludes halogenated alkanes) is 3. The summed E-state index contributed by atoms with van der Waals surface area (Å²) in [6.07, 6.45) is 8.24. The van der Waals surface area contributed by atoms with Gasteiger partial charge in [-0.15, -0.1) is 0 Å². The number of hydrogen-bond donors (Lipinski definition) is 1. The van der Waals surface area contributed by atoms with Gasteiger partial charge in [0.15, 0.2) is 0 Å². The van der Waals surface area contributed by atoms with Crippen LogP contribution in [0.3, 0.4) is 0 Å². The van der Waals surface area contributed by atoms with Crippen molar-refractivity contribution in [1.82, 2.24) is 10.2 Å². The molecule has 0 aromatic rings. The van der Waals surface area contributed by atoms with Crippen LogP contribution in [0.4, 0.5) is 0 Å². The third-order valence-electron chi connectivity index (χ3n) is 3.45. The van der Waals surface area contributed by atoms with Gasteiger partial charge in [0.05, 0.1) is 6.04 Å². The topological polar surface area (TPSA) is 32.3 Å². The summed E-state index contributed by atoms with van der Waals surface area (Å²) in [5, 5.41) is 3.36. The molecule has 100 valence electrons. The SMILES string of the molecule is CCCCCCN1CCCC(NCCC)C1=O. The Labute approximate surface area is 106 Å². The summed E-state index contributed by atoms with van der Waals surface area (Å²) in [5.41, 5.74) is 0. The number of carbonyl (C=O) groups excluding carboxylic acids is 1. The molecule has 1 aliphatic rings. The van der Waals surface area contributed by atoms with Gasteiger partial charge in [-0.3, -0.25) is 4.79 Å². The first-order chi connectivity index (χ1) is 8.29. The van der Waals surface area contributed by atoms with Crippen LogP contribution in [0.25, 0.3) is 0 Å². The predicted octanol–water partition coefficient (Wildman–Crippen LogP) is 2.56. The van der Waals surface area contributed by atoms with Crippen LogP contribution in [0.2, 0.25) is 0 Å². The molecule has 0 radical (unpaired) electrons. The van der Waals surface area contributed by atoms with Crippen LogP contribution in [0.5, 0.6) is 0 Å². The Morgan fingerprint density at radius 2 is 2.06 bits per heavy atom. The van der Waals surface area contributed by atoms with Crippen molar-refractivity contribution >= 4 is 5.91 Å². The minimum atomic E-state index is 0.0925. The normalized spacial score (nSPS) is 20.9. The molecule has 0 aromatic heterocycles. The first kappa shape index (κ1) is 14.5. The van der Waals surface area contributed by atoms with Gasteiger partial charge < -0.3 is 10.2 Å². The van der Waals surface area contributed by atoms with Gasteiger partial charge in [-0.1, -0.05) is 33.1 Å². The molecule has 1 heterocycles. The number of likely N-dealkylation sites (tertiary alicyclic amines) is 1. The summed E-state index contributed by atoms with van der Waals surface area (Å²) >= 11 is 0. The minimum absolute atomic E-state index is 0.0925. The van der Waals surface area contributed by atoms with Crippen molar-refractivity contribution in [3.63, 3.8) is 0 Å². The molecule has 0 aromatic carbocycles. The number of hydrogen-bond acceptors (Lipinski definition) is 2. The largest absolute Gasteiger partial charge is 0.341 e. The Morgan fingerprint density at radius 1 is 1.24 bits per heavy atom.